The Hall–Kier alpha value is -4.78. The summed E-state index contributed by atoms with van der Waals surface area (Å²) in [6, 6.07) is 29.6. The van der Waals surface area contributed by atoms with Gasteiger partial charge in [0, 0.05) is 11.4 Å². The van der Waals surface area contributed by atoms with Crippen LogP contribution in [0.5, 0.6) is 23.0 Å². The van der Waals surface area contributed by atoms with Crippen LogP contribution in [-0.4, -0.2) is 24.0 Å². The summed E-state index contributed by atoms with van der Waals surface area (Å²) in [6.45, 7) is 7.61. The average molecular weight is 553 g/mol. The van der Waals surface area contributed by atoms with E-state index >= 15 is 0 Å². The maximum Gasteiger partial charge on any atom is 0.265 e. The van der Waals surface area contributed by atoms with Crippen LogP contribution in [0.3, 0.4) is 0 Å². The molecule has 212 valence electrons. The molecule has 0 bridgehead atoms. The van der Waals surface area contributed by atoms with Crippen LogP contribution >= 0.6 is 0 Å². The molecule has 0 heterocycles. The highest BCUT2D eigenvalue weighted by molar-refractivity contribution is 5.94. The number of carbonyl (C=O) groups excluding carboxylic acids is 2. The van der Waals surface area contributed by atoms with Crippen molar-refractivity contribution in [3.05, 3.63) is 108 Å². The zero-order valence-electron chi connectivity index (χ0n) is 23.8. The molecule has 4 aromatic rings. The predicted molar refractivity (Wildman–Crippen MR) is 162 cm³/mol. The highest BCUT2D eigenvalue weighted by atomic mass is 16.5. The lowest BCUT2D eigenvalue weighted by Gasteiger charge is -2.16. The van der Waals surface area contributed by atoms with Gasteiger partial charge >= 0.3 is 0 Å². The van der Waals surface area contributed by atoms with E-state index in [0.717, 1.165) is 12.8 Å². The summed E-state index contributed by atoms with van der Waals surface area (Å²) in [6.07, 6.45) is 0.590. The second kappa shape index (κ2) is 14.0. The Bertz CT molecular complexity index is 1310. The summed E-state index contributed by atoms with van der Waals surface area (Å²) >= 11 is 0. The molecule has 4 aromatic carbocycles. The molecule has 0 aliphatic rings. The maximum absolute atomic E-state index is 12.6. The lowest BCUT2D eigenvalue weighted by molar-refractivity contribution is -0.122. The fraction of sp³-hybridized carbons (Fsp3) is 0.235. The summed E-state index contributed by atoms with van der Waals surface area (Å²) in [5.41, 5.74) is 3.69. The van der Waals surface area contributed by atoms with Crippen LogP contribution in [0.15, 0.2) is 97.1 Å². The topological polar surface area (TPSA) is 85.9 Å². The number of aryl methyl sites for hydroxylation is 2. The molecule has 0 aliphatic heterocycles. The molecule has 0 saturated heterocycles. The molecule has 0 spiro atoms. The second-order valence-corrected chi connectivity index (χ2v) is 9.64. The first-order chi connectivity index (χ1) is 19.8. The summed E-state index contributed by atoms with van der Waals surface area (Å²) in [5, 5.41) is 5.72. The molecule has 2 amide bonds. The number of ether oxygens (including phenoxy) is 3. The van der Waals surface area contributed by atoms with Crippen molar-refractivity contribution in [1.82, 2.24) is 0 Å². The third kappa shape index (κ3) is 8.60. The molecule has 4 rings (SSSR count). The van der Waals surface area contributed by atoms with Gasteiger partial charge < -0.3 is 24.8 Å². The molecule has 2 atom stereocenters. The SMILES string of the molecule is CCc1ccc(OC(C)C(=O)Nc2ccc(Oc3ccc(NC(=O)C(C)Oc4ccc(CC)cc4)cc3)cc2)cc1. The number of hydrogen-bond donors (Lipinski definition) is 2. The van der Waals surface area contributed by atoms with Crippen molar-refractivity contribution in [1.29, 1.82) is 0 Å². The number of anilines is 2. The number of rotatable bonds is 12. The van der Waals surface area contributed by atoms with Crippen molar-refractivity contribution >= 4 is 23.2 Å². The number of nitrogens with one attached hydrogen (secondary N) is 2. The molecule has 7 heteroatoms. The largest absolute Gasteiger partial charge is 0.481 e. The lowest BCUT2D eigenvalue weighted by Crippen LogP contribution is -2.30. The molecule has 7 nitrogen and oxygen atoms in total. The van der Waals surface area contributed by atoms with Gasteiger partial charge in [0.2, 0.25) is 0 Å². The third-order valence-corrected chi connectivity index (χ3v) is 6.51. The molecule has 0 radical (unpaired) electrons. The fourth-order valence-corrected chi connectivity index (χ4v) is 3.96. The second-order valence-electron chi connectivity index (χ2n) is 9.64. The van der Waals surface area contributed by atoms with E-state index in [0.29, 0.717) is 34.4 Å². The zero-order valence-corrected chi connectivity index (χ0v) is 23.8. The van der Waals surface area contributed by atoms with Crippen molar-refractivity contribution in [3.8, 4) is 23.0 Å². The third-order valence-electron chi connectivity index (χ3n) is 6.51. The van der Waals surface area contributed by atoms with E-state index in [1.54, 1.807) is 62.4 Å². The minimum absolute atomic E-state index is 0.245. The molecule has 0 aromatic heterocycles. The number of benzene rings is 4. The maximum atomic E-state index is 12.6. The highest BCUT2D eigenvalue weighted by Gasteiger charge is 2.16. The Balaban J connectivity index is 1.24. The first kappa shape index (κ1) is 29.2. The Morgan fingerprint density at radius 3 is 1.17 bits per heavy atom. The monoisotopic (exact) mass is 552 g/mol. The number of amides is 2. The van der Waals surface area contributed by atoms with Gasteiger partial charge in [-0.05, 0) is 111 Å². The Labute approximate surface area is 241 Å². The van der Waals surface area contributed by atoms with E-state index < -0.39 is 12.2 Å². The Morgan fingerprint density at radius 2 is 0.854 bits per heavy atom. The van der Waals surface area contributed by atoms with Gasteiger partial charge in [0.1, 0.15) is 23.0 Å². The number of hydrogen-bond acceptors (Lipinski definition) is 5. The van der Waals surface area contributed by atoms with Crippen molar-refractivity contribution in [2.75, 3.05) is 10.6 Å². The zero-order chi connectivity index (χ0) is 29.2. The van der Waals surface area contributed by atoms with E-state index in [-0.39, 0.29) is 11.8 Å². The van der Waals surface area contributed by atoms with Crippen molar-refractivity contribution in [3.63, 3.8) is 0 Å². The van der Waals surface area contributed by atoms with Gasteiger partial charge in [0.25, 0.3) is 11.8 Å². The van der Waals surface area contributed by atoms with Crippen LogP contribution in [-0.2, 0) is 22.4 Å². The van der Waals surface area contributed by atoms with Gasteiger partial charge in [-0.15, -0.1) is 0 Å². The smallest absolute Gasteiger partial charge is 0.265 e. The first-order valence-corrected chi connectivity index (χ1v) is 13.8. The van der Waals surface area contributed by atoms with E-state index in [2.05, 4.69) is 24.5 Å². The molecule has 41 heavy (non-hydrogen) atoms. The normalized spacial score (nSPS) is 12.1. The van der Waals surface area contributed by atoms with Crippen LogP contribution in [0.1, 0.15) is 38.8 Å². The fourth-order valence-electron chi connectivity index (χ4n) is 3.96. The van der Waals surface area contributed by atoms with Gasteiger partial charge in [-0.3, -0.25) is 9.59 Å². The molecule has 0 saturated carbocycles. The van der Waals surface area contributed by atoms with Crippen LogP contribution in [0.25, 0.3) is 0 Å². The van der Waals surface area contributed by atoms with E-state index in [9.17, 15) is 9.59 Å². The summed E-state index contributed by atoms with van der Waals surface area (Å²) in [4.78, 5) is 25.2. The summed E-state index contributed by atoms with van der Waals surface area (Å²) in [5.74, 6) is 2.03. The van der Waals surface area contributed by atoms with E-state index in [1.807, 2.05) is 48.5 Å². The minimum atomic E-state index is -0.653. The molecule has 2 unspecified atom stereocenters. The predicted octanol–water partition coefficient (Wildman–Crippen LogP) is 7.42. The van der Waals surface area contributed by atoms with Gasteiger partial charge in [-0.25, -0.2) is 0 Å². The van der Waals surface area contributed by atoms with Gasteiger partial charge in [0.15, 0.2) is 12.2 Å². The Morgan fingerprint density at radius 1 is 0.537 bits per heavy atom. The molecular weight excluding hydrogens is 516 g/mol. The van der Waals surface area contributed by atoms with Crippen LogP contribution in [0.2, 0.25) is 0 Å². The van der Waals surface area contributed by atoms with E-state index in [1.165, 1.54) is 11.1 Å². The van der Waals surface area contributed by atoms with Gasteiger partial charge in [-0.1, -0.05) is 38.1 Å². The van der Waals surface area contributed by atoms with Crippen LogP contribution < -0.4 is 24.8 Å². The van der Waals surface area contributed by atoms with Crippen molar-refractivity contribution < 1.29 is 23.8 Å². The summed E-state index contributed by atoms with van der Waals surface area (Å²) in [7, 11) is 0. The van der Waals surface area contributed by atoms with Gasteiger partial charge in [-0.2, -0.15) is 0 Å². The summed E-state index contributed by atoms with van der Waals surface area (Å²) < 4.78 is 17.4. The van der Waals surface area contributed by atoms with Crippen molar-refractivity contribution in [2.45, 2.75) is 52.7 Å². The molecule has 0 fully saturated rings. The Kier molecular flexibility index (Phi) is 9.99. The number of carbonyl (C=O) groups is 2. The minimum Gasteiger partial charge on any atom is -0.481 e. The lowest BCUT2D eigenvalue weighted by atomic mass is 10.2. The van der Waals surface area contributed by atoms with Crippen molar-refractivity contribution in [2.24, 2.45) is 0 Å². The van der Waals surface area contributed by atoms with Crippen LogP contribution in [0, 0.1) is 0 Å². The van der Waals surface area contributed by atoms with E-state index in [4.69, 9.17) is 14.2 Å². The van der Waals surface area contributed by atoms with Crippen LogP contribution in [0.4, 0.5) is 11.4 Å². The average Bonchev–Trinajstić information content (AvgIpc) is 2.99. The standard InChI is InChI=1S/C34H36N2O5/c1-5-25-7-15-29(16-8-25)39-23(3)33(37)35-27-11-19-31(20-12-27)41-32-21-13-28(14-22-32)36-34(38)24(4)40-30-17-9-26(6-2)10-18-30/h7-24H,5-6H2,1-4H3,(H,35,37)(H,36,38). The first-order valence-electron chi connectivity index (χ1n) is 13.8. The van der Waals surface area contributed by atoms with Gasteiger partial charge in [0.05, 0.1) is 0 Å². The molecule has 0 aliphatic carbocycles. The molecule has 2 N–H and O–H groups in total. The molecular formula is C34H36N2O5. The quantitative estimate of drug-likeness (QED) is 0.191. The highest BCUT2D eigenvalue weighted by Crippen LogP contribution is 2.25.